The number of carbonyl (C=O) groups is 1. The largest absolute Gasteiger partial charge is 0.355 e. The van der Waals surface area contributed by atoms with E-state index in [0.717, 1.165) is 11.8 Å². The highest BCUT2D eigenvalue weighted by molar-refractivity contribution is 7.99. The molecule has 0 spiro atoms. The van der Waals surface area contributed by atoms with Gasteiger partial charge in [0.25, 0.3) is 11.6 Å². The van der Waals surface area contributed by atoms with Gasteiger partial charge in [-0.2, -0.15) is 0 Å². The number of hydrogen-bond acceptors (Lipinski definition) is 7. The van der Waals surface area contributed by atoms with Gasteiger partial charge in [-0.05, 0) is 48.2 Å². The van der Waals surface area contributed by atoms with Gasteiger partial charge in [-0.25, -0.2) is 4.68 Å². The summed E-state index contributed by atoms with van der Waals surface area (Å²) in [6, 6.07) is 4.32. The molecule has 10 heteroatoms. The summed E-state index contributed by atoms with van der Waals surface area (Å²) in [4.78, 5) is 22.7. The molecule has 1 amide bonds. The fourth-order valence-corrected chi connectivity index (χ4v) is 2.70. The maximum Gasteiger partial charge on any atom is 0.284 e. The number of benzene rings is 1. The second-order valence-corrected chi connectivity index (χ2v) is 5.63. The van der Waals surface area contributed by atoms with E-state index in [1.54, 1.807) is 4.68 Å². The van der Waals surface area contributed by atoms with Crippen molar-refractivity contribution in [2.75, 3.05) is 7.05 Å². The predicted octanol–water partition coefficient (Wildman–Crippen LogP) is 1.67. The van der Waals surface area contributed by atoms with Crippen LogP contribution < -0.4 is 5.32 Å². The molecular formula is C12H14N6O3S. The zero-order valence-corrected chi connectivity index (χ0v) is 13.0. The van der Waals surface area contributed by atoms with E-state index in [0.29, 0.717) is 10.1 Å². The van der Waals surface area contributed by atoms with E-state index in [4.69, 9.17) is 0 Å². The maximum atomic E-state index is 11.6. The number of tetrazole rings is 1. The van der Waals surface area contributed by atoms with Gasteiger partial charge in [-0.15, -0.1) is 5.10 Å². The molecule has 116 valence electrons. The molecule has 0 atom stereocenters. The molecule has 2 aromatic rings. The standard InChI is InChI=1S/C12H14N6O3S/c1-7(2)17-12(14-15-16-17)22-10-5-4-8(11(19)13-3)6-9(10)18(20)21/h4-7H,1-3H3,(H,13,19). The highest BCUT2D eigenvalue weighted by Crippen LogP contribution is 2.34. The van der Waals surface area contributed by atoms with Gasteiger partial charge in [0, 0.05) is 18.7 Å². The maximum absolute atomic E-state index is 11.6. The molecule has 1 heterocycles. The van der Waals surface area contributed by atoms with E-state index < -0.39 is 4.92 Å². The Bertz CT molecular complexity index is 715. The minimum atomic E-state index is -0.529. The summed E-state index contributed by atoms with van der Waals surface area (Å²) in [6.45, 7) is 3.81. The summed E-state index contributed by atoms with van der Waals surface area (Å²) >= 11 is 1.09. The highest BCUT2D eigenvalue weighted by atomic mass is 32.2. The number of aromatic nitrogens is 4. The first kappa shape index (κ1) is 15.9. The molecule has 0 saturated carbocycles. The summed E-state index contributed by atoms with van der Waals surface area (Å²) in [7, 11) is 1.47. The van der Waals surface area contributed by atoms with Crippen LogP contribution >= 0.6 is 11.8 Å². The molecule has 0 saturated heterocycles. The lowest BCUT2D eigenvalue weighted by atomic mass is 10.2. The molecule has 0 unspecified atom stereocenters. The number of carbonyl (C=O) groups excluding carboxylic acids is 1. The van der Waals surface area contributed by atoms with E-state index in [1.807, 2.05) is 13.8 Å². The Labute approximate surface area is 130 Å². The van der Waals surface area contributed by atoms with Crippen LogP contribution in [0.1, 0.15) is 30.2 Å². The number of hydrogen-bond donors (Lipinski definition) is 1. The molecular weight excluding hydrogens is 308 g/mol. The van der Waals surface area contributed by atoms with Crippen molar-refractivity contribution in [3.8, 4) is 0 Å². The number of nitrogens with one attached hydrogen (secondary N) is 1. The molecule has 1 aromatic carbocycles. The van der Waals surface area contributed by atoms with Gasteiger partial charge in [0.05, 0.1) is 15.9 Å². The summed E-state index contributed by atoms with van der Waals surface area (Å²) in [5, 5.41) is 25.4. The van der Waals surface area contributed by atoms with Gasteiger partial charge in [-0.3, -0.25) is 14.9 Å². The minimum absolute atomic E-state index is 0.0294. The molecule has 0 radical (unpaired) electrons. The quantitative estimate of drug-likeness (QED) is 0.657. The smallest absolute Gasteiger partial charge is 0.284 e. The number of nitro benzene ring substituents is 1. The predicted molar refractivity (Wildman–Crippen MR) is 78.8 cm³/mol. The van der Waals surface area contributed by atoms with Crippen molar-refractivity contribution >= 4 is 23.4 Å². The topological polar surface area (TPSA) is 116 Å². The van der Waals surface area contributed by atoms with Crippen LogP contribution in [-0.2, 0) is 0 Å². The molecule has 0 aliphatic rings. The molecule has 0 fully saturated rings. The Morgan fingerprint density at radius 1 is 1.45 bits per heavy atom. The molecule has 9 nitrogen and oxygen atoms in total. The Hall–Kier alpha value is -2.49. The minimum Gasteiger partial charge on any atom is -0.355 e. The summed E-state index contributed by atoms with van der Waals surface area (Å²) in [5.41, 5.74) is 0.0615. The third-order valence-electron chi connectivity index (χ3n) is 2.80. The third kappa shape index (κ3) is 3.22. The molecule has 1 N–H and O–H groups in total. The molecule has 2 rings (SSSR count). The van der Waals surface area contributed by atoms with E-state index >= 15 is 0 Å². The van der Waals surface area contributed by atoms with E-state index in [-0.39, 0.29) is 23.2 Å². The normalized spacial score (nSPS) is 10.7. The van der Waals surface area contributed by atoms with Crippen molar-refractivity contribution in [1.29, 1.82) is 0 Å². The molecule has 0 bridgehead atoms. The van der Waals surface area contributed by atoms with Gasteiger partial charge in [-0.1, -0.05) is 0 Å². The lowest BCUT2D eigenvalue weighted by molar-refractivity contribution is -0.387. The third-order valence-corrected chi connectivity index (χ3v) is 3.81. The van der Waals surface area contributed by atoms with Crippen molar-refractivity contribution in [3.63, 3.8) is 0 Å². The van der Waals surface area contributed by atoms with Crippen LogP contribution in [0.3, 0.4) is 0 Å². The SMILES string of the molecule is CNC(=O)c1ccc(Sc2nnnn2C(C)C)c([N+](=O)[O-])c1. The molecule has 22 heavy (non-hydrogen) atoms. The number of nitro groups is 1. The molecule has 1 aromatic heterocycles. The Morgan fingerprint density at radius 3 is 2.77 bits per heavy atom. The highest BCUT2D eigenvalue weighted by Gasteiger charge is 2.21. The van der Waals surface area contributed by atoms with Gasteiger partial charge < -0.3 is 5.32 Å². The monoisotopic (exact) mass is 322 g/mol. The number of rotatable bonds is 5. The van der Waals surface area contributed by atoms with Gasteiger partial charge in [0.1, 0.15) is 0 Å². The second kappa shape index (κ2) is 6.52. The van der Waals surface area contributed by atoms with E-state index in [2.05, 4.69) is 20.8 Å². The van der Waals surface area contributed by atoms with Crippen molar-refractivity contribution < 1.29 is 9.72 Å². The molecule has 0 aliphatic carbocycles. The summed E-state index contributed by atoms with van der Waals surface area (Å²) in [5.74, 6) is -0.383. The average molecular weight is 322 g/mol. The fraction of sp³-hybridized carbons (Fsp3) is 0.333. The lowest BCUT2D eigenvalue weighted by Gasteiger charge is -2.08. The van der Waals surface area contributed by atoms with Crippen molar-refractivity contribution in [1.82, 2.24) is 25.5 Å². The first-order valence-electron chi connectivity index (χ1n) is 6.40. The molecule has 0 aliphatic heterocycles. The lowest BCUT2D eigenvalue weighted by Crippen LogP contribution is -2.17. The summed E-state index contributed by atoms with van der Waals surface area (Å²) in [6.07, 6.45) is 0. The zero-order chi connectivity index (χ0) is 16.3. The number of amides is 1. The zero-order valence-electron chi connectivity index (χ0n) is 12.2. The van der Waals surface area contributed by atoms with Crippen molar-refractivity contribution in [2.24, 2.45) is 0 Å². The Balaban J connectivity index is 2.40. The Kier molecular flexibility index (Phi) is 4.71. The van der Waals surface area contributed by atoms with Crippen LogP contribution in [0.5, 0.6) is 0 Å². The Morgan fingerprint density at radius 2 is 2.18 bits per heavy atom. The van der Waals surface area contributed by atoms with Crippen LogP contribution in [0.4, 0.5) is 5.69 Å². The van der Waals surface area contributed by atoms with Crippen LogP contribution in [-0.4, -0.2) is 38.1 Å². The van der Waals surface area contributed by atoms with E-state index in [9.17, 15) is 14.9 Å². The van der Waals surface area contributed by atoms with Crippen LogP contribution in [0.25, 0.3) is 0 Å². The fourth-order valence-electron chi connectivity index (χ4n) is 1.71. The van der Waals surface area contributed by atoms with Crippen molar-refractivity contribution in [3.05, 3.63) is 33.9 Å². The number of nitrogens with zero attached hydrogens (tertiary/aromatic N) is 5. The van der Waals surface area contributed by atoms with Gasteiger partial charge in [0.2, 0.25) is 5.16 Å². The first-order valence-corrected chi connectivity index (χ1v) is 7.22. The summed E-state index contributed by atoms with van der Waals surface area (Å²) < 4.78 is 1.57. The van der Waals surface area contributed by atoms with Gasteiger partial charge >= 0.3 is 0 Å². The first-order chi connectivity index (χ1) is 10.4. The average Bonchev–Trinajstić information content (AvgIpc) is 2.95. The van der Waals surface area contributed by atoms with Gasteiger partial charge in [0.15, 0.2) is 0 Å². The van der Waals surface area contributed by atoms with Crippen LogP contribution in [0.15, 0.2) is 28.3 Å². The van der Waals surface area contributed by atoms with Crippen LogP contribution in [0, 0.1) is 10.1 Å². The van der Waals surface area contributed by atoms with Crippen LogP contribution in [0.2, 0.25) is 0 Å². The van der Waals surface area contributed by atoms with E-state index in [1.165, 1.54) is 25.2 Å². The van der Waals surface area contributed by atoms with Crippen molar-refractivity contribution in [2.45, 2.75) is 29.9 Å². The second-order valence-electron chi connectivity index (χ2n) is 4.62.